The minimum atomic E-state index is 0.0857. The van der Waals surface area contributed by atoms with Crippen LogP contribution in [0.25, 0.3) is 0 Å². The number of nitrogens with zero attached hydrogens (tertiary/aromatic N) is 3. The first kappa shape index (κ1) is 17.0. The zero-order chi connectivity index (χ0) is 16.3. The number of amides is 1. The van der Waals surface area contributed by atoms with Gasteiger partial charge in [-0.15, -0.1) is 0 Å². The number of likely N-dealkylation sites (tertiary alicyclic amines) is 1. The van der Waals surface area contributed by atoms with Crippen molar-refractivity contribution in [3.63, 3.8) is 0 Å². The highest BCUT2D eigenvalue weighted by Gasteiger charge is 2.41. The Bertz CT molecular complexity index is 512. The lowest BCUT2D eigenvalue weighted by Crippen LogP contribution is -2.35. The average Bonchev–Trinajstić information content (AvgIpc) is 2.95. The lowest BCUT2D eigenvalue weighted by molar-refractivity contribution is -0.129. The lowest BCUT2D eigenvalue weighted by Gasteiger charge is -2.28. The molecular formula is C16H28N4O2. The van der Waals surface area contributed by atoms with Crippen LogP contribution in [0.4, 0.5) is 0 Å². The summed E-state index contributed by atoms with van der Waals surface area (Å²) in [5.74, 6) is 0.482. The molecule has 124 valence electrons. The number of nitrogens with one attached hydrogen (secondary N) is 1. The third-order valence-electron chi connectivity index (χ3n) is 4.46. The van der Waals surface area contributed by atoms with Gasteiger partial charge in [0.05, 0.1) is 18.8 Å². The Morgan fingerprint density at radius 3 is 2.77 bits per heavy atom. The number of carbonyl (C=O) groups is 1. The SMILES string of the molecule is COCCN1C(=O)C[C@@H](CNC(C)C)[C@@H]1c1cnn(C)c1C. The third-order valence-corrected chi connectivity index (χ3v) is 4.46. The maximum Gasteiger partial charge on any atom is 0.223 e. The van der Waals surface area contributed by atoms with Crippen molar-refractivity contribution >= 4 is 5.91 Å². The molecular weight excluding hydrogens is 280 g/mol. The second-order valence-electron chi connectivity index (χ2n) is 6.36. The van der Waals surface area contributed by atoms with Gasteiger partial charge in [0.1, 0.15) is 0 Å². The van der Waals surface area contributed by atoms with E-state index >= 15 is 0 Å². The molecule has 6 nitrogen and oxygen atoms in total. The van der Waals surface area contributed by atoms with Crippen molar-refractivity contribution in [2.75, 3.05) is 26.8 Å². The van der Waals surface area contributed by atoms with Gasteiger partial charge in [0.15, 0.2) is 0 Å². The zero-order valence-corrected chi connectivity index (χ0v) is 14.3. The van der Waals surface area contributed by atoms with Gasteiger partial charge in [0.2, 0.25) is 5.91 Å². The van der Waals surface area contributed by atoms with Crippen molar-refractivity contribution in [1.82, 2.24) is 20.0 Å². The van der Waals surface area contributed by atoms with Crippen LogP contribution < -0.4 is 5.32 Å². The van der Waals surface area contributed by atoms with Gasteiger partial charge < -0.3 is 15.0 Å². The lowest BCUT2D eigenvalue weighted by atomic mass is 9.93. The van der Waals surface area contributed by atoms with Crippen LogP contribution in [0.1, 0.15) is 37.6 Å². The van der Waals surface area contributed by atoms with E-state index in [2.05, 4.69) is 31.2 Å². The molecule has 0 spiro atoms. The first-order chi connectivity index (χ1) is 10.5. The molecule has 1 aliphatic rings. The van der Waals surface area contributed by atoms with Gasteiger partial charge in [-0.05, 0) is 6.92 Å². The number of hydrogen-bond donors (Lipinski definition) is 1. The first-order valence-electron chi connectivity index (χ1n) is 7.96. The number of aromatic nitrogens is 2. The number of hydrogen-bond acceptors (Lipinski definition) is 4. The molecule has 1 saturated heterocycles. The van der Waals surface area contributed by atoms with Crippen molar-refractivity contribution < 1.29 is 9.53 Å². The molecule has 2 rings (SSSR count). The summed E-state index contributed by atoms with van der Waals surface area (Å²) in [5, 5.41) is 7.83. The summed E-state index contributed by atoms with van der Waals surface area (Å²) in [5.41, 5.74) is 2.27. The fourth-order valence-electron chi connectivity index (χ4n) is 3.11. The zero-order valence-electron chi connectivity index (χ0n) is 14.3. The maximum absolute atomic E-state index is 12.5. The van der Waals surface area contributed by atoms with E-state index < -0.39 is 0 Å². The molecule has 6 heteroatoms. The molecule has 0 aliphatic carbocycles. The van der Waals surface area contributed by atoms with Gasteiger partial charge >= 0.3 is 0 Å². The molecule has 22 heavy (non-hydrogen) atoms. The second-order valence-corrected chi connectivity index (χ2v) is 6.36. The molecule has 1 aromatic heterocycles. The van der Waals surface area contributed by atoms with Crippen molar-refractivity contribution in [3.05, 3.63) is 17.5 Å². The molecule has 2 atom stereocenters. The summed E-state index contributed by atoms with van der Waals surface area (Å²) in [6.45, 7) is 8.35. The van der Waals surface area contributed by atoms with Crippen LogP contribution in [0, 0.1) is 12.8 Å². The Kier molecular flexibility index (Phi) is 5.58. The van der Waals surface area contributed by atoms with Gasteiger partial charge in [0.25, 0.3) is 0 Å². The Morgan fingerprint density at radius 2 is 2.23 bits per heavy atom. The summed E-state index contributed by atoms with van der Waals surface area (Å²) in [6.07, 6.45) is 2.49. The Hall–Kier alpha value is -1.40. The summed E-state index contributed by atoms with van der Waals surface area (Å²) in [6, 6.07) is 0.501. The largest absolute Gasteiger partial charge is 0.383 e. The standard InChI is InChI=1S/C16H28N4O2/c1-11(2)17-9-13-8-15(21)20(6-7-22-5)16(13)14-10-18-19(4)12(14)3/h10-11,13,16-17H,6-9H2,1-5H3/t13-,16+/m0/s1. The predicted molar refractivity (Wildman–Crippen MR) is 85.5 cm³/mol. The number of aryl methyl sites for hydroxylation is 1. The first-order valence-corrected chi connectivity index (χ1v) is 7.96. The average molecular weight is 308 g/mol. The van der Waals surface area contributed by atoms with Gasteiger partial charge in [-0.3, -0.25) is 9.48 Å². The Balaban J connectivity index is 2.25. The highest BCUT2D eigenvalue weighted by molar-refractivity contribution is 5.79. The minimum absolute atomic E-state index is 0.0857. The molecule has 0 aromatic carbocycles. The topological polar surface area (TPSA) is 59.4 Å². The van der Waals surface area contributed by atoms with E-state index in [0.717, 1.165) is 17.8 Å². The van der Waals surface area contributed by atoms with Crippen LogP contribution in [0.15, 0.2) is 6.20 Å². The predicted octanol–water partition coefficient (Wildman–Crippen LogP) is 1.26. The van der Waals surface area contributed by atoms with Crippen molar-refractivity contribution in [3.8, 4) is 0 Å². The van der Waals surface area contributed by atoms with Crippen molar-refractivity contribution in [1.29, 1.82) is 0 Å². The fraction of sp³-hybridized carbons (Fsp3) is 0.750. The van der Waals surface area contributed by atoms with Crippen LogP contribution in [-0.4, -0.2) is 53.4 Å². The molecule has 0 bridgehead atoms. The van der Waals surface area contributed by atoms with Crippen LogP contribution in [0.5, 0.6) is 0 Å². The summed E-state index contributed by atoms with van der Waals surface area (Å²) >= 11 is 0. The van der Waals surface area contributed by atoms with Gasteiger partial charge in [0, 0.05) is 56.9 Å². The number of carbonyl (C=O) groups excluding carboxylic acids is 1. The van der Waals surface area contributed by atoms with Gasteiger partial charge in [-0.1, -0.05) is 13.8 Å². The molecule has 1 N–H and O–H groups in total. The van der Waals surface area contributed by atoms with Crippen molar-refractivity contribution in [2.45, 2.75) is 39.3 Å². The fourth-order valence-corrected chi connectivity index (χ4v) is 3.11. The van der Waals surface area contributed by atoms with Crippen LogP contribution >= 0.6 is 0 Å². The third kappa shape index (κ3) is 3.50. The van der Waals surface area contributed by atoms with E-state index in [-0.39, 0.29) is 17.9 Å². The van der Waals surface area contributed by atoms with E-state index in [1.54, 1.807) is 7.11 Å². The minimum Gasteiger partial charge on any atom is -0.383 e. The highest BCUT2D eigenvalue weighted by Crippen LogP contribution is 2.38. The van der Waals surface area contributed by atoms with E-state index in [4.69, 9.17) is 4.74 Å². The smallest absolute Gasteiger partial charge is 0.223 e. The summed E-state index contributed by atoms with van der Waals surface area (Å²) in [7, 11) is 3.61. The number of ether oxygens (including phenoxy) is 1. The van der Waals surface area contributed by atoms with Crippen LogP contribution in [-0.2, 0) is 16.6 Å². The number of methoxy groups -OCH3 is 1. The highest BCUT2D eigenvalue weighted by atomic mass is 16.5. The molecule has 2 heterocycles. The molecule has 0 unspecified atom stereocenters. The van der Waals surface area contributed by atoms with Gasteiger partial charge in [-0.2, -0.15) is 5.10 Å². The van der Waals surface area contributed by atoms with E-state index in [9.17, 15) is 4.79 Å². The second kappa shape index (κ2) is 7.24. The van der Waals surface area contributed by atoms with Crippen LogP contribution in [0.2, 0.25) is 0 Å². The molecule has 0 radical (unpaired) electrons. The molecule has 0 saturated carbocycles. The molecule has 1 aromatic rings. The maximum atomic E-state index is 12.5. The number of rotatable bonds is 7. The summed E-state index contributed by atoms with van der Waals surface area (Å²) in [4.78, 5) is 14.4. The Morgan fingerprint density at radius 1 is 1.50 bits per heavy atom. The molecule has 1 aliphatic heterocycles. The van der Waals surface area contributed by atoms with E-state index in [0.29, 0.717) is 25.6 Å². The van der Waals surface area contributed by atoms with E-state index in [1.807, 2.05) is 22.8 Å². The normalized spacial score (nSPS) is 22.1. The van der Waals surface area contributed by atoms with E-state index in [1.165, 1.54) is 0 Å². The van der Waals surface area contributed by atoms with Crippen molar-refractivity contribution in [2.24, 2.45) is 13.0 Å². The van der Waals surface area contributed by atoms with Gasteiger partial charge in [-0.25, -0.2) is 0 Å². The molecule has 1 amide bonds. The summed E-state index contributed by atoms with van der Waals surface area (Å²) < 4.78 is 7.05. The quantitative estimate of drug-likeness (QED) is 0.824. The Labute approximate surface area is 132 Å². The monoisotopic (exact) mass is 308 g/mol. The molecule has 1 fully saturated rings. The van der Waals surface area contributed by atoms with Crippen LogP contribution in [0.3, 0.4) is 0 Å².